The summed E-state index contributed by atoms with van der Waals surface area (Å²) in [5, 5.41) is 3.46. The number of nitrogens with zero attached hydrogens (tertiary/aromatic N) is 1. The Labute approximate surface area is 111 Å². The Kier molecular flexibility index (Phi) is 4.98. The molecule has 0 saturated heterocycles. The van der Waals surface area contributed by atoms with Crippen molar-refractivity contribution in [2.75, 3.05) is 5.88 Å². The zero-order valence-corrected chi connectivity index (χ0v) is 11.0. The quantitative estimate of drug-likeness (QED) is 0.813. The summed E-state index contributed by atoms with van der Waals surface area (Å²) < 4.78 is 0. The molecule has 1 atom stereocenters. The van der Waals surface area contributed by atoms with Gasteiger partial charge in [0.05, 0.1) is 5.51 Å². The Morgan fingerprint density at radius 1 is 1.29 bits per heavy atom. The zero-order chi connectivity index (χ0) is 11.9. The summed E-state index contributed by atoms with van der Waals surface area (Å²) in [5.41, 5.74) is 3.17. The fourth-order valence-corrected chi connectivity index (χ4v) is 2.42. The Hall–Kier alpha value is -0.900. The molecule has 4 heteroatoms. The lowest BCUT2D eigenvalue weighted by Gasteiger charge is -2.15. The fraction of sp³-hybridized carbons (Fsp3) is 0.308. The molecule has 0 aliphatic rings. The zero-order valence-electron chi connectivity index (χ0n) is 9.47. The first-order valence-electron chi connectivity index (χ1n) is 5.59. The standard InChI is InChI=1S/C13H15ClN2S/c14-7-12(6-11-4-2-1-3-5-11)16-9-13-8-15-10-17-13/h1-5,8,10,12,16H,6-7,9H2. The van der Waals surface area contributed by atoms with Crippen molar-refractivity contribution in [3.8, 4) is 0 Å². The molecule has 1 aromatic heterocycles. The van der Waals surface area contributed by atoms with Crippen LogP contribution in [0.15, 0.2) is 42.0 Å². The maximum atomic E-state index is 5.98. The minimum Gasteiger partial charge on any atom is -0.308 e. The summed E-state index contributed by atoms with van der Waals surface area (Å²) in [6.07, 6.45) is 2.86. The summed E-state index contributed by atoms with van der Waals surface area (Å²) in [5.74, 6) is 0.619. The molecule has 2 rings (SSSR count). The molecule has 0 fully saturated rings. The van der Waals surface area contributed by atoms with Crippen LogP contribution < -0.4 is 5.32 Å². The third-order valence-electron chi connectivity index (χ3n) is 2.56. The van der Waals surface area contributed by atoms with Gasteiger partial charge in [-0.3, -0.25) is 4.98 Å². The van der Waals surface area contributed by atoms with Gasteiger partial charge in [-0.2, -0.15) is 0 Å². The highest BCUT2D eigenvalue weighted by molar-refractivity contribution is 7.09. The van der Waals surface area contributed by atoms with E-state index >= 15 is 0 Å². The van der Waals surface area contributed by atoms with E-state index in [2.05, 4.69) is 34.6 Å². The van der Waals surface area contributed by atoms with Crippen LogP contribution in [0.1, 0.15) is 10.4 Å². The van der Waals surface area contributed by atoms with Gasteiger partial charge in [0, 0.05) is 29.5 Å². The van der Waals surface area contributed by atoms with Gasteiger partial charge in [-0.1, -0.05) is 30.3 Å². The highest BCUT2D eigenvalue weighted by Gasteiger charge is 2.08. The first kappa shape index (κ1) is 12.6. The summed E-state index contributed by atoms with van der Waals surface area (Å²) in [7, 11) is 0. The molecular formula is C13H15ClN2S. The molecule has 0 amide bonds. The van der Waals surface area contributed by atoms with E-state index in [1.54, 1.807) is 11.3 Å². The molecule has 1 N–H and O–H groups in total. The molecule has 2 nitrogen and oxygen atoms in total. The average molecular weight is 267 g/mol. The summed E-state index contributed by atoms with van der Waals surface area (Å²) >= 11 is 7.65. The lowest BCUT2D eigenvalue weighted by molar-refractivity contribution is 0.553. The van der Waals surface area contributed by atoms with Crippen LogP contribution in [-0.4, -0.2) is 16.9 Å². The van der Waals surface area contributed by atoms with Crippen LogP contribution in [0, 0.1) is 0 Å². The van der Waals surface area contributed by atoms with Crippen LogP contribution >= 0.6 is 22.9 Å². The SMILES string of the molecule is ClCC(Cc1ccccc1)NCc1cncs1. The maximum absolute atomic E-state index is 5.98. The Bertz CT molecular complexity index is 416. The third kappa shape index (κ3) is 4.11. The largest absolute Gasteiger partial charge is 0.308 e. The Balaban J connectivity index is 1.85. The number of hydrogen-bond acceptors (Lipinski definition) is 3. The molecule has 17 heavy (non-hydrogen) atoms. The topological polar surface area (TPSA) is 24.9 Å². The molecule has 1 aromatic carbocycles. The van der Waals surface area contributed by atoms with Crippen molar-refractivity contribution < 1.29 is 0 Å². The first-order chi connectivity index (χ1) is 8.38. The van der Waals surface area contributed by atoms with E-state index < -0.39 is 0 Å². The molecule has 0 spiro atoms. The van der Waals surface area contributed by atoms with E-state index in [0.717, 1.165) is 13.0 Å². The first-order valence-corrected chi connectivity index (χ1v) is 7.00. The highest BCUT2D eigenvalue weighted by atomic mass is 35.5. The summed E-state index contributed by atoms with van der Waals surface area (Å²) in [4.78, 5) is 5.30. The minimum atomic E-state index is 0.307. The molecule has 90 valence electrons. The molecule has 0 bridgehead atoms. The van der Waals surface area contributed by atoms with Crippen molar-refractivity contribution in [2.24, 2.45) is 0 Å². The van der Waals surface area contributed by atoms with Crippen molar-refractivity contribution in [1.29, 1.82) is 0 Å². The van der Waals surface area contributed by atoms with Crippen molar-refractivity contribution >= 4 is 22.9 Å². The van der Waals surface area contributed by atoms with Crippen molar-refractivity contribution in [1.82, 2.24) is 10.3 Å². The van der Waals surface area contributed by atoms with Crippen molar-refractivity contribution in [2.45, 2.75) is 19.0 Å². The van der Waals surface area contributed by atoms with E-state index in [0.29, 0.717) is 11.9 Å². The molecule has 0 radical (unpaired) electrons. The van der Waals surface area contributed by atoms with Crippen LogP contribution in [0.3, 0.4) is 0 Å². The van der Waals surface area contributed by atoms with Crippen LogP contribution in [-0.2, 0) is 13.0 Å². The van der Waals surface area contributed by atoms with Gasteiger partial charge in [0.25, 0.3) is 0 Å². The predicted octanol–water partition coefficient (Wildman–Crippen LogP) is 3.08. The highest BCUT2D eigenvalue weighted by Crippen LogP contribution is 2.08. The lowest BCUT2D eigenvalue weighted by atomic mass is 10.1. The number of aromatic nitrogens is 1. The van der Waals surface area contributed by atoms with E-state index in [-0.39, 0.29) is 0 Å². The molecule has 1 unspecified atom stereocenters. The molecule has 2 aromatic rings. The van der Waals surface area contributed by atoms with Gasteiger partial charge in [-0.05, 0) is 12.0 Å². The number of benzene rings is 1. The second-order valence-electron chi connectivity index (χ2n) is 3.89. The van der Waals surface area contributed by atoms with Gasteiger partial charge >= 0.3 is 0 Å². The lowest BCUT2D eigenvalue weighted by Crippen LogP contribution is -2.32. The number of thiazole rings is 1. The van der Waals surface area contributed by atoms with Gasteiger partial charge in [0.1, 0.15) is 0 Å². The van der Waals surface area contributed by atoms with Gasteiger partial charge in [0.2, 0.25) is 0 Å². The maximum Gasteiger partial charge on any atom is 0.0794 e. The van der Waals surface area contributed by atoms with E-state index in [4.69, 9.17) is 11.6 Å². The van der Waals surface area contributed by atoms with E-state index in [1.165, 1.54) is 10.4 Å². The van der Waals surface area contributed by atoms with Crippen LogP contribution in [0.5, 0.6) is 0 Å². The number of hydrogen-bond donors (Lipinski definition) is 1. The summed E-state index contributed by atoms with van der Waals surface area (Å²) in [6, 6.07) is 10.7. The van der Waals surface area contributed by atoms with Crippen LogP contribution in [0.25, 0.3) is 0 Å². The molecule has 0 aliphatic heterocycles. The van der Waals surface area contributed by atoms with E-state index in [9.17, 15) is 0 Å². The second kappa shape index (κ2) is 6.74. The summed E-state index contributed by atoms with van der Waals surface area (Å²) in [6.45, 7) is 0.842. The number of alkyl halides is 1. The Morgan fingerprint density at radius 3 is 2.76 bits per heavy atom. The smallest absolute Gasteiger partial charge is 0.0794 e. The molecule has 0 saturated carbocycles. The predicted molar refractivity (Wildman–Crippen MR) is 73.6 cm³/mol. The van der Waals surface area contributed by atoms with E-state index in [1.807, 2.05) is 17.8 Å². The monoisotopic (exact) mass is 266 g/mol. The van der Waals surface area contributed by atoms with Crippen molar-refractivity contribution in [3.63, 3.8) is 0 Å². The number of nitrogens with one attached hydrogen (secondary N) is 1. The average Bonchev–Trinajstić information content (AvgIpc) is 2.89. The van der Waals surface area contributed by atoms with Gasteiger partial charge < -0.3 is 5.32 Å². The Morgan fingerprint density at radius 2 is 2.12 bits per heavy atom. The second-order valence-corrected chi connectivity index (χ2v) is 5.17. The van der Waals surface area contributed by atoms with Gasteiger partial charge in [0.15, 0.2) is 0 Å². The number of rotatable bonds is 6. The third-order valence-corrected chi connectivity index (χ3v) is 3.71. The molecule has 1 heterocycles. The van der Waals surface area contributed by atoms with Crippen LogP contribution in [0.2, 0.25) is 0 Å². The van der Waals surface area contributed by atoms with Crippen LogP contribution in [0.4, 0.5) is 0 Å². The van der Waals surface area contributed by atoms with Gasteiger partial charge in [-0.25, -0.2) is 0 Å². The number of halogens is 1. The molecule has 0 aliphatic carbocycles. The van der Waals surface area contributed by atoms with Crippen molar-refractivity contribution in [3.05, 3.63) is 52.5 Å². The fourth-order valence-electron chi connectivity index (χ4n) is 1.65. The molecular weight excluding hydrogens is 252 g/mol. The minimum absolute atomic E-state index is 0.307. The normalized spacial score (nSPS) is 12.5. The van der Waals surface area contributed by atoms with Gasteiger partial charge in [-0.15, -0.1) is 22.9 Å².